The normalized spacial score (nSPS) is 9.59. The first-order valence-electron chi connectivity index (χ1n) is 4.35. The van der Waals surface area contributed by atoms with Crippen LogP contribution < -0.4 is 0 Å². The van der Waals surface area contributed by atoms with Gasteiger partial charge in [-0.3, -0.25) is 4.79 Å². The lowest BCUT2D eigenvalue weighted by molar-refractivity contribution is -0.137. The van der Waals surface area contributed by atoms with E-state index in [1.165, 1.54) is 13.2 Å². The van der Waals surface area contributed by atoms with Crippen LogP contribution in [-0.4, -0.2) is 24.0 Å². The number of methoxy groups -OCH3 is 1. The van der Waals surface area contributed by atoms with Crippen LogP contribution in [0.15, 0.2) is 22.0 Å². The molecule has 0 aliphatic heterocycles. The molecule has 0 amide bonds. The van der Waals surface area contributed by atoms with Gasteiger partial charge in [-0.1, -0.05) is 11.6 Å². The Bertz CT molecular complexity index is 489. The minimum Gasteiger partial charge on any atom is -0.468 e. The Labute approximate surface area is 112 Å². The molecule has 0 N–H and O–H groups in total. The molecule has 0 radical (unpaired) electrons. The zero-order valence-electron chi connectivity index (χ0n) is 8.70. The summed E-state index contributed by atoms with van der Waals surface area (Å²) >= 11 is 11.4. The number of nitrogens with zero attached hydrogens (tertiary/aromatic N) is 1. The smallest absolute Gasteiger partial charge is 0.315 e. The first-order chi connectivity index (χ1) is 8.08. The van der Waals surface area contributed by atoms with Crippen molar-refractivity contribution in [3.05, 3.63) is 23.0 Å². The molecule has 0 aromatic heterocycles. The molecule has 3 nitrogen and oxygen atoms in total. The van der Waals surface area contributed by atoms with Crippen LogP contribution >= 0.6 is 35.6 Å². The number of carbonyl (C=O) groups excluding carboxylic acids is 1. The molecule has 0 aliphatic rings. The van der Waals surface area contributed by atoms with Crippen molar-refractivity contribution in [2.75, 3.05) is 12.9 Å². The molecule has 0 spiro atoms. The lowest BCUT2D eigenvalue weighted by atomic mass is 10.3. The van der Waals surface area contributed by atoms with Gasteiger partial charge < -0.3 is 4.74 Å². The van der Waals surface area contributed by atoms with Gasteiger partial charge in [-0.05, 0) is 24.4 Å². The van der Waals surface area contributed by atoms with Gasteiger partial charge in [0.1, 0.15) is 5.69 Å². The van der Waals surface area contributed by atoms with Gasteiger partial charge in [0.05, 0.1) is 23.0 Å². The molecule has 7 heteroatoms. The largest absolute Gasteiger partial charge is 0.468 e. The van der Waals surface area contributed by atoms with Crippen molar-refractivity contribution in [2.45, 2.75) is 4.90 Å². The maximum Gasteiger partial charge on any atom is 0.315 e. The summed E-state index contributed by atoms with van der Waals surface area (Å²) in [5.74, 6) is -0.896. The number of hydrogen-bond donors (Lipinski definition) is 0. The van der Waals surface area contributed by atoms with Gasteiger partial charge in [0.15, 0.2) is 5.82 Å². The molecule has 0 saturated heterocycles. The maximum atomic E-state index is 13.3. The molecule has 90 valence electrons. The summed E-state index contributed by atoms with van der Waals surface area (Å²) in [6, 6.07) is 2.53. The molecule has 0 aliphatic carbocycles. The molecule has 0 unspecified atom stereocenters. The second-order valence-electron chi connectivity index (χ2n) is 2.80. The summed E-state index contributed by atoms with van der Waals surface area (Å²) in [4.78, 5) is 15.0. The standard InChI is InChI=1S/C10H7ClFNO2S2/c1-15-10(14)4-17-9-3-8(13-5-16)7(12)2-6(9)11/h2-3H,4H2,1H3. The number of isothiocyanates is 1. The predicted octanol–water partition coefficient (Wildman–Crippen LogP) is 3.48. The Hall–Kier alpha value is -0.940. The van der Waals surface area contributed by atoms with Crippen molar-refractivity contribution in [1.29, 1.82) is 0 Å². The van der Waals surface area contributed by atoms with Crippen molar-refractivity contribution in [3.63, 3.8) is 0 Å². The highest BCUT2D eigenvalue weighted by Gasteiger charge is 2.10. The number of esters is 1. The van der Waals surface area contributed by atoms with Crippen molar-refractivity contribution in [3.8, 4) is 0 Å². The van der Waals surface area contributed by atoms with Gasteiger partial charge >= 0.3 is 5.97 Å². The van der Waals surface area contributed by atoms with E-state index in [9.17, 15) is 9.18 Å². The van der Waals surface area contributed by atoms with E-state index in [0.717, 1.165) is 17.8 Å². The van der Waals surface area contributed by atoms with Gasteiger partial charge in [-0.25, -0.2) is 4.39 Å². The molecule has 1 aromatic carbocycles. The van der Waals surface area contributed by atoms with Crippen LogP contribution in [0.25, 0.3) is 0 Å². The molecule has 1 aromatic rings. The van der Waals surface area contributed by atoms with Crippen molar-refractivity contribution in [1.82, 2.24) is 0 Å². The van der Waals surface area contributed by atoms with Gasteiger partial charge in [-0.15, -0.1) is 11.8 Å². The second kappa shape index (κ2) is 6.71. The lowest BCUT2D eigenvalue weighted by Crippen LogP contribution is -2.02. The first-order valence-corrected chi connectivity index (χ1v) is 6.12. The SMILES string of the molecule is COC(=O)CSc1cc(N=C=S)c(F)cc1Cl. The number of halogens is 2. The third-order valence-corrected chi connectivity index (χ3v) is 3.29. The van der Waals surface area contributed by atoms with E-state index in [-0.39, 0.29) is 16.5 Å². The molecule has 0 saturated carbocycles. The van der Waals surface area contributed by atoms with Gasteiger partial charge in [-0.2, -0.15) is 4.99 Å². The highest BCUT2D eigenvalue weighted by Crippen LogP contribution is 2.33. The zero-order chi connectivity index (χ0) is 12.8. The Balaban J connectivity index is 2.95. The summed E-state index contributed by atoms with van der Waals surface area (Å²) in [7, 11) is 1.29. The lowest BCUT2D eigenvalue weighted by Gasteiger charge is -2.05. The van der Waals surface area contributed by atoms with Gasteiger partial charge in [0, 0.05) is 4.90 Å². The van der Waals surface area contributed by atoms with E-state index in [2.05, 4.69) is 27.1 Å². The highest BCUT2D eigenvalue weighted by molar-refractivity contribution is 8.00. The van der Waals surface area contributed by atoms with E-state index in [1.807, 2.05) is 0 Å². The maximum absolute atomic E-state index is 13.3. The summed E-state index contributed by atoms with van der Waals surface area (Å²) in [6.07, 6.45) is 0. The quantitative estimate of drug-likeness (QED) is 0.368. The molecule has 1 rings (SSSR count). The molecule has 0 heterocycles. The van der Waals surface area contributed by atoms with Crippen molar-refractivity contribution < 1.29 is 13.9 Å². The molecule has 0 bridgehead atoms. The summed E-state index contributed by atoms with van der Waals surface area (Å²) in [5, 5.41) is 2.28. The minimum atomic E-state index is -0.588. The Morgan fingerprint density at radius 1 is 1.71 bits per heavy atom. The predicted molar refractivity (Wildman–Crippen MR) is 68.8 cm³/mol. The fourth-order valence-electron chi connectivity index (χ4n) is 0.959. The summed E-state index contributed by atoms with van der Waals surface area (Å²) in [6.45, 7) is 0. The molecular weight excluding hydrogens is 285 g/mol. The molecule has 0 atom stereocenters. The monoisotopic (exact) mass is 291 g/mol. The topological polar surface area (TPSA) is 38.7 Å². The highest BCUT2D eigenvalue weighted by atomic mass is 35.5. The van der Waals surface area contributed by atoms with Crippen molar-refractivity contribution in [2.24, 2.45) is 4.99 Å². The summed E-state index contributed by atoms with van der Waals surface area (Å²) in [5.41, 5.74) is 0.0387. The Morgan fingerprint density at radius 3 is 3.00 bits per heavy atom. The fraction of sp³-hybridized carbons (Fsp3) is 0.200. The van der Waals surface area contributed by atoms with Crippen LogP contribution in [-0.2, 0) is 9.53 Å². The minimum absolute atomic E-state index is 0.0387. The number of thiocarbonyl (C=S) groups is 1. The third kappa shape index (κ3) is 4.09. The second-order valence-corrected chi connectivity index (χ2v) is 4.41. The average molecular weight is 292 g/mol. The van der Waals surface area contributed by atoms with Crippen LogP contribution in [0.2, 0.25) is 5.02 Å². The van der Waals surface area contributed by atoms with Crippen LogP contribution in [0, 0.1) is 5.82 Å². The van der Waals surface area contributed by atoms with E-state index < -0.39 is 11.8 Å². The van der Waals surface area contributed by atoms with Gasteiger partial charge in [0.2, 0.25) is 0 Å². The number of aliphatic imine (C=N–C) groups is 1. The Kier molecular flexibility index (Phi) is 5.58. The van der Waals surface area contributed by atoms with E-state index in [0.29, 0.717) is 4.90 Å². The number of rotatable bonds is 4. The number of hydrogen-bond acceptors (Lipinski definition) is 5. The van der Waals surface area contributed by atoms with Crippen LogP contribution in [0.3, 0.4) is 0 Å². The van der Waals surface area contributed by atoms with E-state index in [4.69, 9.17) is 11.6 Å². The van der Waals surface area contributed by atoms with E-state index in [1.54, 1.807) is 0 Å². The third-order valence-electron chi connectivity index (χ3n) is 1.74. The zero-order valence-corrected chi connectivity index (χ0v) is 11.1. The first kappa shape index (κ1) is 14.1. The number of benzene rings is 1. The fourth-order valence-corrected chi connectivity index (χ4v) is 2.15. The van der Waals surface area contributed by atoms with E-state index >= 15 is 0 Å². The Morgan fingerprint density at radius 2 is 2.41 bits per heavy atom. The van der Waals surface area contributed by atoms with Crippen LogP contribution in [0.1, 0.15) is 0 Å². The average Bonchev–Trinajstić information content (AvgIpc) is 2.30. The van der Waals surface area contributed by atoms with Crippen molar-refractivity contribution >= 4 is 52.4 Å². The van der Waals surface area contributed by atoms with Gasteiger partial charge in [0.25, 0.3) is 0 Å². The molecule has 0 fully saturated rings. The molecule has 17 heavy (non-hydrogen) atoms. The van der Waals surface area contributed by atoms with Crippen LogP contribution in [0.5, 0.6) is 0 Å². The number of carbonyl (C=O) groups is 1. The summed E-state index contributed by atoms with van der Waals surface area (Å²) < 4.78 is 17.8. The molecular formula is C10H7ClFNO2S2. The number of thioether (sulfide) groups is 1. The van der Waals surface area contributed by atoms with Crippen LogP contribution in [0.4, 0.5) is 10.1 Å². The number of ether oxygens (including phenoxy) is 1.